The van der Waals surface area contributed by atoms with Crippen molar-refractivity contribution in [2.75, 3.05) is 0 Å². The Bertz CT molecular complexity index is 329. The highest BCUT2D eigenvalue weighted by atomic mass is 35.5. The first-order valence-corrected chi connectivity index (χ1v) is 7.38. The summed E-state index contributed by atoms with van der Waals surface area (Å²) < 4.78 is 0. The van der Waals surface area contributed by atoms with Crippen LogP contribution in [0.2, 0.25) is 5.02 Å². The van der Waals surface area contributed by atoms with Gasteiger partial charge in [-0.05, 0) is 50.3 Å². The fraction of sp³-hybridized carbons (Fsp3) is 0.625. The van der Waals surface area contributed by atoms with Crippen molar-refractivity contribution in [2.45, 2.75) is 64.4 Å². The molecule has 1 nitrogen and oxygen atoms in total. The number of unbranched alkanes of at least 4 members (excludes halogenated alkanes) is 3. The van der Waals surface area contributed by atoms with Crippen LogP contribution in [0.1, 0.15) is 57.9 Å². The predicted molar refractivity (Wildman–Crippen MR) is 79.2 cm³/mol. The summed E-state index contributed by atoms with van der Waals surface area (Å²) in [6.45, 7) is 3.97. The van der Waals surface area contributed by atoms with Crippen molar-refractivity contribution in [2.24, 2.45) is 0 Å². The van der Waals surface area contributed by atoms with Crippen LogP contribution in [0.3, 0.4) is 0 Å². The zero-order chi connectivity index (χ0) is 13.4. The minimum Gasteiger partial charge on any atom is -0.390 e. The molecule has 0 radical (unpaired) electrons. The highest BCUT2D eigenvalue weighted by Crippen LogP contribution is 2.19. The van der Waals surface area contributed by atoms with E-state index in [0.717, 1.165) is 30.7 Å². The Morgan fingerprint density at radius 3 is 2.28 bits per heavy atom. The number of benzene rings is 1. The molecular weight excluding hydrogens is 244 g/mol. The van der Waals surface area contributed by atoms with Gasteiger partial charge < -0.3 is 5.11 Å². The first-order valence-electron chi connectivity index (χ1n) is 7.00. The Morgan fingerprint density at radius 1 is 1.06 bits per heavy atom. The molecule has 0 fully saturated rings. The minimum absolute atomic E-state index is 0.462. The van der Waals surface area contributed by atoms with E-state index >= 15 is 0 Å². The van der Waals surface area contributed by atoms with Gasteiger partial charge in [0, 0.05) is 5.02 Å². The molecule has 2 heteroatoms. The van der Waals surface area contributed by atoms with Crippen LogP contribution in [0, 0.1) is 0 Å². The van der Waals surface area contributed by atoms with Gasteiger partial charge in [-0.3, -0.25) is 0 Å². The number of rotatable bonds is 8. The van der Waals surface area contributed by atoms with Gasteiger partial charge in [-0.2, -0.15) is 0 Å². The largest absolute Gasteiger partial charge is 0.390 e. The molecule has 1 rings (SSSR count). The van der Waals surface area contributed by atoms with Gasteiger partial charge in [-0.1, -0.05) is 49.9 Å². The standard InChI is InChI=1S/C16H25ClO/c1-3-16(2,18)13-7-5-4-6-8-14-9-11-15(17)12-10-14/h9-12,18H,3-8,13H2,1-2H3. The maximum Gasteiger partial charge on any atom is 0.0617 e. The summed E-state index contributed by atoms with van der Waals surface area (Å²) in [7, 11) is 0. The molecule has 0 saturated carbocycles. The third-order valence-electron chi connectivity index (χ3n) is 3.61. The second-order valence-electron chi connectivity index (χ2n) is 5.39. The topological polar surface area (TPSA) is 20.2 Å². The van der Waals surface area contributed by atoms with Gasteiger partial charge in [0.05, 0.1) is 5.60 Å². The number of halogens is 1. The number of hydrogen-bond acceptors (Lipinski definition) is 1. The van der Waals surface area contributed by atoms with Crippen molar-refractivity contribution >= 4 is 11.6 Å². The lowest BCUT2D eigenvalue weighted by Gasteiger charge is -2.20. The highest BCUT2D eigenvalue weighted by molar-refractivity contribution is 6.30. The zero-order valence-corrected chi connectivity index (χ0v) is 12.3. The quantitative estimate of drug-likeness (QED) is 0.658. The third kappa shape index (κ3) is 6.42. The summed E-state index contributed by atoms with van der Waals surface area (Å²) in [5.41, 5.74) is 0.899. The molecule has 0 heterocycles. The normalized spacial score (nSPS) is 14.4. The molecule has 0 saturated heterocycles. The van der Waals surface area contributed by atoms with Crippen LogP contribution in [-0.2, 0) is 6.42 Å². The lowest BCUT2D eigenvalue weighted by Crippen LogP contribution is -2.22. The highest BCUT2D eigenvalue weighted by Gasteiger charge is 2.15. The van der Waals surface area contributed by atoms with Gasteiger partial charge in [0.2, 0.25) is 0 Å². The molecule has 0 aliphatic rings. The van der Waals surface area contributed by atoms with Gasteiger partial charge in [0.25, 0.3) is 0 Å². The average Bonchev–Trinajstić information content (AvgIpc) is 2.36. The van der Waals surface area contributed by atoms with Crippen LogP contribution >= 0.6 is 11.6 Å². The summed E-state index contributed by atoms with van der Waals surface area (Å²) in [6, 6.07) is 8.11. The third-order valence-corrected chi connectivity index (χ3v) is 3.86. The van der Waals surface area contributed by atoms with E-state index in [1.54, 1.807) is 0 Å². The molecule has 0 aliphatic carbocycles. The van der Waals surface area contributed by atoms with Crippen molar-refractivity contribution in [3.8, 4) is 0 Å². The molecule has 102 valence electrons. The van der Waals surface area contributed by atoms with Crippen LogP contribution in [0.4, 0.5) is 0 Å². The number of aryl methyl sites for hydroxylation is 1. The van der Waals surface area contributed by atoms with Gasteiger partial charge in [-0.15, -0.1) is 0 Å². The van der Waals surface area contributed by atoms with E-state index in [4.69, 9.17) is 11.6 Å². The van der Waals surface area contributed by atoms with Crippen molar-refractivity contribution in [3.63, 3.8) is 0 Å². The summed E-state index contributed by atoms with van der Waals surface area (Å²) in [4.78, 5) is 0. The van der Waals surface area contributed by atoms with Gasteiger partial charge in [0.1, 0.15) is 0 Å². The molecule has 0 spiro atoms. The SMILES string of the molecule is CCC(C)(O)CCCCCCc1ccc(Cl)cc1. The smallest absolute Gasteiger partial charge is 0.0617 e. The Kier molecular flexibility index (Phi) is 6.73. The molecular formula is C16H25ClO. The van der Waals surface area contributed by atoms with Crippen LogP contribution in [0.25, 0.3) is 0 Å². The Hall–Kier alpha value is -0.530. The maximum atomic E-state index is 9.87. The number of aliphatic hydroxyl groups is 1. The molecule has 0 bridgehead atoms. The zero-order valence-electron chi connectivity index (χ0n) is 11.6. The van der Waals surface area contributed by atoms with E-state index in [1.165, 1.54) is 24.8 Å². The van der Waals surface area contributed by atoms with Crippen molar-refractivity contribution in [3.05, 3.63) is 34.9 Å². The molecule has 1 N–H and O–H groups in total. The fourth-order valence-electron chi connectivity index (χ4n) is 2.02. The van der Waals surface area contributed by atoms with Crippen LogP contribution in [-0.4, -0.2) is 10.7 Å². The van der Waals surface area contributed by atoms with E-state index in [-0.39, 0.29) is 0 Å². The average molecular weight is 269 g/mol. The summed E-state index contributed by atoms with van der Waals surface area (Å²) in [5, 5.41) is 10.7. The monoisotopic (exact) mass is 268 g/mol. The lowest BCUT2D eigenvalue weighted by molar-refractivity contribution is 0.0442. The Balaban J connectivity index is 2.07. The van der Waals surface area contributed by atoms with Crippen LogP contribution < -0.4 is 0 Å². The number of hydrogen-bond donors (Lipinski definition) is 1. The van der Waals surface area contributed by atoms with Crippen LogP contribution in [0.5, 0.6) is 0 Å². The minimum atomic E-state index is -0.462. The first-order chi connectivity index (χ1) is 8.53. The van der Waals surface area contributed by atoms with Crippen molar-refractivity contribution < 1.29 is 5.11 Å². The molecule has 0 aromatic heterocycles. The molecule has 18 heavy (non-hydrogen) atoms. The maximum absolute atomic E-state index is 9.87. The van der Waals surface area contributed by atoms with Crippen molar-refractivity contribution in [1.82, 2.24) is 0 Å². The van der Waals surface area contributed by atoms with E-state index in [9.17, 15) is 5.11 Å². The predicted octanol–water partition coefficient (Wildman–Crippen LogP) is 4.99. The summed E-state index contributed by atoms with van der Waals surface area (Å²) in [5.74, 6) is 0. The van der Waals surface area contributed by atoms with Crippen LogP contribution in [0.15, 0.2) is 24.3 Å². The summed E-state index contributed by atoms with van der Waals surface area (Å²) in [6.07, 6.45) is 7.69. The molecule has 0 aliphatic heterocycles. The van der Waals surface area contributed by atoms with E-state index in [1.807, 2.05) is 26.0 Å². The van der Waals surface area contributed by atoms with Crippen molar-refractivity contribution in [1.29, 1.82) is 0 Å². The molecule has 1 aromatic carbocycles. The Morgan fingerprint density at radius 2 is 1.67 bits per heavy atom. The molecule has 1 unspecified atom stereocenters. The Labute approximate surface area is 116 Å². The van der Waals surface area contributed by atoms with Gasteiger partial charge in [-0.25, -0.2) is 0 Å². The summed E-state index contributed by atoms with van der Waals surface area (Å²) >= 11 is 5.85. The van der Waals surface area contributed by atoms with E-state index < -0.39 is 5.60 Å². The van der Waals surface area contributed by atoms with E-state index in [2.05, 4.69) is 12.1 Å². The molecule has 1 aromatic rings. The van der Waals surface area contributed by atoms with Gasteiger partial charge >= 0.3 is 0 Å². The second kappa shape index (κ2) is 7.81. The molecule has 0 amide bonds. The molecule has 1 atom stereocenters. The lowest BCUT2D eigenvalue weighted by atomic mass is 9.95. The van der Waals surface area contributed by atoms with Gasteiger partial charge in [0.15, 0.2) is 0 Å². The van der Waals surface area contributed by atoms with E-state index in [0.29, 0.717) is 0 Å². The first kappa shape index (κ1) is 15.5. The second-order valence-corrected chi connectivity index (χ2v) is 5.83. The fourth-order valence-corrected chi connectivity index (χ4v) is 2.14.